The van der Waals surface area contributed by atoms with Gasteiger partial charge in [0.15, 0.2) is 0 Å². The largest absolute Gasteiger partial charge is 0.465 e. The molecule has 1 aliphatic rings. The van der Waals surface area contributed by atoms with Crippen LogP contribution in [0.4, 0.5) is 4.79 Å². The SMILES string of the molecule is CC(C)(C)C1C=CCN1C(=O)O. The minimum absolute atomic E-state index is 0.00854. The van der Waals surface area contributed by atoms with Crippen molar-refractivity contribution in [3.8, 4) is 0 Å². The third-order valence-corrected chi connectivity index (χ3v) is 2.09. The molecular weight excluding hydrogens is 154 g/mol. The van der Waals surface area contributed by atoms with Gasteiger partial charge < -0.3 is 5.11 Å². The second-order valence-corrected chi connectivity index (χ2v) is 4.17. The first-order valence-electron chi connectivity index (χ1n) is 4.09. The summed E-state index contributed by atoms with van der Waals surface area (Å²) in [5.41, 5.74) is -0.00854. The fourth-order valence-electron chi connectivity index (χ4n) is 1.47. The number of amides is 1. The first-order valence-corrected chi connectivity index (χ1v) is 4.09. The van der Waals surface area contributed by atoms with E-state index in [-0.39, 0.29) is 11.5 Å². The average molecular weight is 169 g/mol. The molecule has 0 aliphatic carbocycles. The van der Waals surface area contributed by atoms with Crippen LogP contribution in [0, 0.1) is 5.41 Å². The van der Waals surface area contributed by atoms with Crippen molar-refractivity contribution in [2.24, 2.45) is 5.41 Å². The molecule has 1 unspecified atom stereocenters. The molecule has 1 atom stereocenters. The summed E-state index contributed by atoms with van der Waals surface area (Å²) >= 11 is 0. The van der Waals surface area contributed by atoms with Gasteiger partial charge in [0.05, 0.1) is 6.04 Å². The second kappa shape index (κ2) is 2.81. The quantitative estimate of drug-likeness (QED) is 0.563. The van der Waals surface area contributed by atoms with E-state index in [1.165, 1.54) is 4.90 Å². The van der Waals surface area contributed by atoms with Crippen LogP contribution in [0.15, 0.2) is 12.2 Å². The van der Waals surface area contributed by atoms with Gasteiger partial charge in [0.25, 0.3) is 0 Å². The number of hydrogen-bond donors (Lipinski definition) is 1. The summed E-state index contributed by atoms with van der Waals surface area (Å²) in [7, 11) is 0. The van der Waals surface area contributed by atoms with Gasteiger partial charge in [0.1, 0.15) is 0 Å². The maximum Gasteiger partial charge on any atom is 0.408 e. The number of rotatable bonds is 0. The lowest BCUT2D eigenvalue weighted by molar-refractivity contribution is 0.116. The molecule has 0 radical (unpaired) electrons. The van der Waals surface area contributed by atoms with Crippen molar-refractivity contribution < 1.29 is 9.90 Å². The molecule has 1 aliphatic heterocycles. The van der Waals surface area contributed by atoms with E-state index in [1.54, 1.807) is 0 Å². The molecule has 0 aromatic heterocycles. The monoisotopic (exact) mass is 169 g/mol. The Morgan fingerprint density at radius 2 is 2.17 bits per heavy atom. The molecule has 68 valence electrons. The van der Waals surface area contributed by atoms with Gasteiger partial charge in [-0.25, -0.2) is 4.79 Å². The second-order valence-electron chi connectivity index (χ2n) is 4.17. The van der Waals surface area contributed by atoms with Crippen LogP contribution in [0.3, 0.4) is 0 Å². The summed E-state index contributed by atoms with van der Waals surface area (Å²) in [6, 6.07) is 0.0231. The van der Waals surface area contributed by atoms with Gasteiger partial charge in [-0.05, 0) is 5.41 Å². The lowest BCUT2D eigenvalue weighted by atomic mass is 9.87. The summed E-state index contributed by atoms with van der Waals surface area (Å²) in [6.45, 7) is 6.66. The van der Waals surface area contributed by atoms with Crippen molar-refractivity contribution in [2.75, 3.05) is 6.54 Å². The first kappa shape index (κ1) is 9.10. The van der Waals surface area contributed by atoms with Crippen LogP contribution >= 0.6 is 0 Å². The minimum Gasteiger partial charge on any atom is -0.465 e. The Balaban J connectivity index is 2.76. The fourth-order valence-corrected chi connectivity index (χ4v) is 1.47. The maximum absolute atomic E-state index is 10.7. The third-order valence-electron chi connectivity index (χ3n) is 2.09. The van der Waals surface area contributed by atoms with Gasteiger partial charge >= 0.3 is 6.09 Å². The normalized spacial score (nSPS) is 23.2. The topological polar surface area (TPSA) is 40.5 Å². The molecule has 0 saturated heterocycles. The van der Waals surface area contributed by atoms with Crippen LogP contribution in [-0.2, 0) is 0 Å². The predicted molar refractivity (Wildman–Crippen MR) is 47.1 cm³/mol. The highest BCUT2D eigenvalue weighted by Crippen LogP contribution is 2.28. The highest BCUT2D eigenvalue weighted by molar-refractivity contribution is 5.67. The summed E-state index contributed by atoms with van der Waals surface area (Å²) in [5, 5.41) is 8.83. The van der Waals surface area contributed by atoms with Crippen LogP contribution in [0.2, 0.25) is 0 Å². The molecule has 0 spiro atoms. The van der Waals surface area contributed by atoms with E-state index < -0.39 is 6.09 Å². The Bertz CT molecular complexity index is 215. The molecule has 12 heavy (non-hydrogen) atoms. The zero-order valence-corrected chi connectivity index (χ0v) is 7.74. The highest BCUT2D eigenvalue weighted by atomic mass is 16.4. The van der Waals surface area contributed by atoms with Gasteiger partial charge in [0, 0.05) is 6.54 Å². The standard InChI is InChI=1S/C9H15NO2/c1-9(2,3)7-5-4-6-10(7)8(11)12/h4-5,7H,6H2,1-3H3,(H,11,12). The molecule has 3 heteroatoms. The van der Waals surface area contributed by atoms with E-state index in [4.69, 9.17) is 5.11 Å². The van der Waals surface area contributed by atoms with Gasteiger partial charge in [-0.1, -0.05) is 32.9 Å². The van der Waals surface area contributed by atoms with Crippen molar-refractivity contribution in [2.45, 2.75) is 26.8 Å². The Morgan fingerprint density at radius 1 is 1.58 bits per heavy atom. The van der Waals surface area contributed by atoms with Gasteiger partial charge in [-0.2, -0.15) is 0 Å². The van der Waals surface area contributed by atoms with Crippen LogP contribution in [0.1, 0.15) is 20.8 Å². The average Bonchev–Trinajstić information content (AvgIpc) is 2.30. The van der Waals surface area contributed by atoms with Crippen molar-refractivity contribution in [1.29, 1.82) is 0 Å². The van der Waals surface area contributed by atoms with Crippen LogP contribution in [-0.4, -0.2) is 28.7 Å². The van der Waals surface area contributed by atoms with E-state index in [9.17, 15) is 4.79 Å². The molecular formula is C9H15NO2. The number of carbonyl (C=O) groups is 1. The Hall–Kier alpha value is -0.990. The Labute approximate surface area is 72.7 Å². The molecule has 0 bridgehead atoms. The third kappa shape index (κ3) is 1.60. The summed E-state index contributed by atoms with van der Waals surface area (Å²) in [6.07, 6.45) is 3.04. The molecule has 3 nitrogen and oxygen atoms in total. The Morgan fingerprint density at radius 3 is 2.50 bits per heavy atom. The maximum atomic E-state index is 10.7. The van der Waals surface area contributed by atoms with Gasteiger partial charge in [-0.3, -0.25) is 4.90 Å². The molecule has 1 rings (SSSR count). The molecule has 0 aromatic rings. The minimum atomic E-state index is -0.833. The predicted octanol–water partition coefficient (Wildman–Crippen LogP) is 1.95. The van der Waals surface area contributed by atoms with Crippen molar-refractivity contribution >= 4 is 6.09 Å². The lowest BCUT2D eigenvalue weighted by Crippen LogP contribution is -2.42. The molecule has 0 saturated carbocycles. The summed E-state index contributed by atoms with van der Waals surface area (Å²) in [5.74, 6) is 0. The lowest BCUT2D eigenvalue weighted by Gasteiger charge is -2.32. The van der Waals surface area contributed by atoms with E-state index in [0.29, 0.717) is 6.54 Å². The highest BCUT2D eigenvalue weighted by Gasteiger charge is 2.33. The van der Waals surface area contributed by atoms with Crippen LogP contribution in [0.25, 0.3) is 0 Å². The fraction of sp³-hybridized carbons (Fsp3) is 0.667. The van der Waals surface area contributed by atoms with Crippen molar-refractivity contribution in [3.05, 3.63) is 12.2 Å². The van der Waals surface area contributed by atoms with Crippen LogP contribution < -0.4 is 0 Å². The summed E-state index contributed by atoms with van der Waals surface area (Å²) in [4.78, 5) is 12.2. The molecule has 1 amide bonds. The number of carboxylic acid groups (broad SMARTS) is 1. The Kier molecular flexibility index (Phi) is 2.13. The molecule has 1 N–H and O–H groups in total. The smallest absolute Gasteiger partial charge is 0.408 e. The van der Waals surface area contributed by atoms with Gasteiger partial charge in [0.2, 0.25) is 0 Å². The van der Waals surface area contributed by atoms with E-state index >= 15 is 0 Å². The van der Waals surface area contributed by atoms with E-state index in [2.05, 4.69) is 0 Å². The van der Waals surface area contributed by atoms with Crippen molar-refractivity contribution in [3.63, 3.8) is 0 Å². The zero-order chi connectivity index (χ0) is 9.35. The zero-order valence-electron chi connectivity index (χ0n) is 7.74. The van der Waals surface area contributed by atoms with E-state index in [1.807, 2.05) is 32.9 Å². The summed E-state index contributed by atoms with van der Waals surface area (Å²) < 4.78 is 0. The van der Waals surface area contributed by atoms with Gasteiger partial charge in [-0.15, -0.1) is 0 Å². The first-order chi connectivity index (χ1) is 5.43. The molecule has 0 fully saturated rings. The molecule has 1 heterocycles. The molecule has 0 aromatic carbocycles. The number of hydrogen-bond acceptors (Lipinski definition) is 1. The van der Waals surface area contributed by atoms with E-state index in [0.717, 1.165) is 0 Å². The van der Waals surface area contributed by atoms with Crippen LogP contribution in [0.5, 0.6) is 0 Å². The number of nitrogens with zero attached hydrogens (tertiary/aromatic N) is 1. The van der Waals surface area contributed by atoms with Crippen molar-refractivity contribution in [1.82, 2.24) is 4.90 Å².